The number of rotatable bonds is 5. The Morgan fingerprint density at radius 3 is 2.47 bits per heavy atom. The predicted octanol–water partition coefficient (Wildman–Crippen LogP) is 3.96. The van der Waals surface area contributed by atoms with E-state index in [0.717, 1.165) is 88.3 Å². The summed E-state index contributed by atoms with van der Waals surface area (Å²) in [5, 5.41) is 5.75. The molecule has 196 valence electrons. The van der Waals surface area contributed by atoms with Gasteiger partial charge in [-0.25, -0.2) is 14.6 Å². The molecule has 0 unspecified atom stereocenters. The Bertz CT molecular complexity index is 1640. The Morgan fingerprint density at radius 2 is 1.74 bits per heavy atom. The van der Waals surface area contributed by atoms with Crippen molar-refractivity contribution < 1.29 is 4.74 Å². The number of ether oxygens (including phenoxy) is 1. The SMILES string of the molecule is COc1ccncc1-c1cc2c(cnn2-c2cc3c(nc(N4CCN(C)CC4)n3C)c(C(C)C)n2)c(C)n1. The largest absolute Gasteiger partial charge is 0.496 e. The number of imidazole rings is 1. The van der Waals surface area contributed by atoms with Crippen molar-refractivity contribution in [2.75, 3.05) is 45.2 Å². The van der Waals surface area contributed by atoms with E-state index in [1.54, 1.807) is 19.5 Å². The van der Waals surface area contributed by atoms with E-state index in [0.29, 0.717) is 0 Å². The number of anilines is 1. The zero-order chi connectivity index (χ0) is 26.6. The summed E-state index contributed by atoms with van der Waals surface area (Å²) in [6.07, 6.45) is 5.36. The molecule has 0 atom stereocenters. The van der Waals surface area contributed by atoms with Crippen LogP contribution in [0.3, 0.4) is 0 Å². The summed E-state index contributed by atoms with van der Waals surface area (Å²) in [6, 6.07) is 5.98. The molecule has 1 fully saturated rings. The van der Waals surface area contributed by atoms with Gasteiger partial charge in [0.25, 0.3) is 0 Å². The van der Waals surface area contributed by atoms with Crippen LogP contribution in [0.2, 0.25) is 0 Å². The highest BCUT2D eigenvalue weighted by atomic mass is 16.5. The van der Waals surface area contributed by atoms with Crippen LogP contribution in [0.4, 0.5) is 5.95 Å². The molecule has 6 rings (SSSR count). The molecule has 5 aromatic heterocycles. The van der Waals surface area contributed by atoms with Crippen LogP contribution in [0, 0.1) is 6.92 Å². The Labute approximate surface area is 221 Å². The minimum atomic E-state index is 0.202. The summed E-state index contributed by atoms with van der Waals surface area (Å²) in [6.45, 7) is 10.3. The number of aryl methyl sites for hydroxylation is 2. The van der Waals surface area contributed by atoms with Crippen molar-refractivity contribution in [2.45, 2.75) is 26.7 Å². The van der Waals surface area contributed by atoms with Gasteiger partial charge in [-0.3, -0.25) is 9.97 Å². The van der Waals surface area contributed by atoms with Gasteiger partial charge in [0.15, 0.2) is 5.82 Å². The van der Waals surface area contributed by atoms with E-state index >= 15 is 0 Å². The summed E-state index contributed by atoms with van der Waals surface area (Å²) in [7, 11) is 5.92. The summed E-state index contributed by atoms with van der Waals surface area (Å²) in [4.78, 5) is 24.1. The Hall–Kier alpha value is -4.05. The molecule has 38 heavy (non-hydrogen) atoms. The zero-order valence-electron chi connectivity index (χ0n) is 22.8. The molecule has 6 heterocycles. The van der Waals surface area contributed by atoms with Crippen LogP contribution >= 0.6 is 0 Å². The second kappa shape index (κ2) is 9.36. The van der Waals surface area contributed by atoms with E-state index in [1.165, 1.54) is 0 Å². The first kappa shape index (κ1) is 24.3. The van der Waals surface area contributed by atoms with Crippen LogP contribution in [0.1, 0.15) is 31.2 Å². The predicted molar refractivity (Wildman–Crippen MR) is 149 cm³/mol. The van der Waals surface area contributed by atoms with Gasteiger partial charge in [0.2, 0.25) is 5.95 Å². The normalized spacial score (nSPS) is 14.8. The van der Waals surface area contributed by atoms with Crippen molar-refractivity contribution in [2.24, 2.45) is 7.05 Å². The van der Waals surface area contributed by atoms with Crippen LogP contribution in [0.5, 0.6) is 5.75 Å². The molecule has 0 radical (unpaired) electrons. The van der Waals surface area contributed by atoms with E-state index in [-0.39, 0.29) is 5.92 Å². The molecule has 1 aliphatic heterocycles. The number of aromatic nitrogens is 7. The molecule has 10 nitrogen and oxygen atoms in total. The highest BCUT2D eigenvalue weighted by molar-refractivity contribution is 5.88. The molecule has 1 aliphatic rings. The van der Waals surface area contributed by atoms with Gasteiger partial charge in [-0.15, -0.1) is 0 Å². The Kier molecular flexibility index (Phi) is 5.98. The first-order chi connectivity index (χ1) is 18.4. The molecule has 0 aliphatic carbocycles. The third-order valence-electron chi connectivity index (χ3n) is 7.44. The maximum absolute atomic E-state index is 5.58. The molecule has 0 N–H and O–H groups in total. The summed E-state index contributed by atoms with van der Waals surface area (Å²) < 4.78 is 9.68. The molecule has 0 saturated carbocycles. The van der Waals surface area contributed by atoms with E-state index in [4.69, 9.17) is 24.8 Å². The molecular formula is C28H33N9O. The molecule has 0 bridgehead atoms. The van der Waals surface area contributed by atoms with Gasteiger partial charge < -0.3 is 19.1 Å². The highest BCUT2D eigenvalue weighted by Gasteiger charge is 2.24. The van der Waals surface area contributed by atoms with E-state index in [1.807, 2.05) is 29.9 Å². The summed E-state index contributed by atoms with van der Waals surface area (Å²) in [5.74, 6) is 2.68. The number of hydrogen-bond donors (Lipinski definition) is 0. The maximum Gasteiger partial charge on any atom is 0.206 e. The van der Waals surface area contributed by atoms with E-state index in [2.05, 4.69) is 53.4 Å². The van der Waals surface area contributed by atoms with Crippen molar-refractivity contribution in [3.63, 3.8) is 0 Å². The van der Waals surface area contributed by atoms with Crippen molar-refractivity contribution in [1.82, 2.24) is 39.2 Å². The first-order valence-electron chi connectivity index (χ1n) is 13.0. The Morgan fingerprint density at radius 1 is 0.947 bits per heavy atom. The molecule has 0 spiro atoms. The standard InChI is InChI=1S/C28H33N9O/c1-17(2)26-27-23(35(5)28(33-27)36-11-9-34(4)10-12-36)14-25(32-26)37-22-13-21(31-18(3)19(22)16-30-37)20-15-29-8-7-24(20)38-6/h7-8,13-17H,9-12H2,1-6H3. The van der Waals surface area contributed by atoms with Crippen LogP contribution in [-0.2, 0) is 7.05 Å². The van der Waals surface area contributed by atoms with Crippen molar-refractivity contribution in [3.05, 3.63) is 48.2 Å². The first-order valence-corrected chi connectivity index (χ1v) is 13.0. The number of likely N-dealkylation sites (N-methyl/N-ethyl adjacent to an activating group) is 1. The van der Waals surface area contributed by atoms with Crippen LogP contribution in [-0.4, -0.2) is 79.5 Å². The van der Waals surface area contributed by atoms with Gasteiger partial charge in [0, 0.05) is 62.8 Å². The molecule has 10 heteroatoms. The lowest BCUT2D eigenvalue weighted by atomic mass is 10.1. The average Bonchev–Trinajstić information content (AvgIpc) is 3.50. The van der Waals surface area contributed by atoms with Crippen molar-refractivity contribution >= 4 is 27.9 Å². The van der Waals surface area contributed by atoms with Gasteiger partial charge in [0.05, 0.1) is 41.3 Å². The van der Waals surface area contributed by atoms with Gasteiger partial charge in [-0.2, -0.15) is 5.10 Å². The number of pyridine rings is 3. The number of methoxy groups -OCH3 is 1. The smallest absolute Gasteiger partial charge is 0.206 e. The molecule has 1 saturated heterocycles. The number of nitrogens with zero attached hydrogens (tertiary/aromatic N) is 9. The van der Waals surface area contributed by atoms with E-state index in [9.17, 15) is 0 Å². The Balaban J connectivity index is 1.52. The van der Waals surface area contributed by atoms with Gasteiger partial charge in [-0.1, -0.05) is 13.8 Å². The number of fused-ring (bicyclic) bond motifs is 2. The molecular weight excluding hydrogens is 478 g/mol. The lowest BCUT2D eigenvalue weighted by molar-refractivity contribution is 0.310. The monoisotopic (exact) mass is 511 g/mol. The third-order valence-corrected chi connectivity index (χ3v) is 7.44. The van der Waals surface area contributed by atoms with Gasteiger partial charge in [0.1, 0.15) is 11.3 Å². The van der Waals surface area contributed by atoms with Crippen molar-refractivity contribution in [1.29, 1.82) is 0 Å². The second-order valence-electron chi connectivity index (χ2n) is 10.3. The van der Waals surface area contributed by atoms with E-state index < -0.39 is 0 Å². The minimum Gasteiger partial charge on any atom is -0.496 e. The molecule has 5 aromatic rings. The minimum absolute atomic E-state index is 0.202. The summed E-state index contributed by atoms with van der Waals surface area (Å²) >= 11 is 0. The van der Waals surface area contributed by atoms with Crippen molar-refractivity contribution in [3.8, 4) is 22.8 Å². The van der Waals surface area contributed by atoms with Gasteiger partial charge in [-0.05, 0) is 32.0 Å². The lowest BCUT2D eigenvalue weighted by Crippen LogP contribution is -2.45. The number of hydrogen-bond acceptors (Lipinski definition) is 8. The quantitative estimate of drug-likeness (QED) is 0.350. The number of piperazine rings is 1. The fourth-order valence-electron chi connectivity index (χ4n) is 5.23. The topological polar surface area (TPSA) is 90.0 Å². The lowest BCUT2D eigenvalue weighted by Gasteiger charge is -2.32. The fourth-order valence-corrected chi connectivity index (χ4v) is 5.23. The molecule has 0 aromatic carbocycles. The van der Waals surface area contributed by atoms with Crippen LogP contribution < -0.4 is 9.64 Å². The average molecular weight is 512 g/mol. The van der Waals surface area contributed by atoms with Gasteiger partial charge >= 0.3 is 0 Å². The zero-order valence-corrected chi connectivity index (χ0v) is 22.8. The fraction of sp³-hybridized carbons (Fsp3) is 0.393. The maximum atomic E-state index is 5.58. The second-order valence-corrected chi connectivity index (χ2v) is 10.3. The summed E-state index contributed by atoms with van der Waals surface area (Å²) in [5.41, 5.74) is 6.41. The highest BCUT2D eigenvalue weighted by Crippen LogP contribution is 2.33. The molecule has 0 amide bonds. The van der Waals surface area contributed by atoms with Crippen LogP contribution in [0.25, 0.3) is 39.0 Å². The van der Waals surface area contributed by atoms with Crippen LogP contribution in [0.15, 0.2) is 36.8 Å². The third kappa shape index (κ3) is 3.96.